The number of carbonyl (C=O) groups is 1. The molecule has 0 spiro atoms. The van der Waals surface area contributed by atoms with E-state index in [0.717, 1.165) is 5.56 Å². The Morgan fingerprint density at radius 1 is 1.32 bits per heavy atom. The van der Waals surface area contributed by atoms with Crippen molar-refractivity contribution in [3.8, 4) is 10.6 Å². The van der Waals surface area contributed by atoms with Crippen LogP contribution in [0.5, 0.6) is 0 Å². The smallest absolute Gasteiger partial charge is 0.233 e. The number of hydrogen-bond donors (Lipinski definition) is 2. The van der Waals surface area contributed by atoms with Gasteiger partial charge in [-0.3, -0.25) is 10.1 Å². The minimum atomic E-state index is -0.559. The van der Waals surface area contributed by atoms with Crippen molar-refractivity contribution in [2.75, 3.05) is 11.9 Å². The number of nitrogens with zero attached hydrogens (tertiary/aromatic N) is 2. The number of anilines is 1. The lowest BCUT2D eigenvalue weighted by Crippen LogP contribution is -2.41. The minimum Gasteiger partial charge on any atom is -0.329 e. The van der Waals surface area contributed by atoms with Crippen LogP contribution < -0.4 is 11.1 Å². The highest BCUT2D eigenvalue weighted by molar-refractivity contribution is 7.18. The van der Waals surface area contributed by atoms with E-state index in [0.29, 0.717) is 34.5 Å². The van der Waals surface area contributed by atoms with Crippen molar-refractivity contribution in [1.29, 1.82) is 0 Å². The molecule has 22 heavy (non-hydrogen) atoms. The van der Waals surface area contributed by atoms with Gasteiger partial charge >= 0.3 is 0 Å². The highest BCUT2D eigenvalue weighted by atomic mass is 35.5. The molecule has 1 aromatic heterocycles. The van der Waals surface area contributed by atoms with Gasteiger partial charge in [0.25, 0.3) is 0 Å². The Balaban J connectivity index is 2.19. The SMILES string of the molecule is CCC(CC)(CN)C(=O)Nc1nnc(-c2ccccc2Cl)s1. The fraction of sp³-hybridized carbons (Fsp3) is 0.400. The van der Waals surface area contributed by atoms with Crippen LogP contribution in [0.3, 0.4) is 0 Å². The average molecular weight is 339 g/mol. The molecular formula is C15H19ClN4OS. The Bertz CT molecular complexity index is 646. The number of halogens is 1. The molecule has 0 aliphatic carbocycles. The van der Waals surface area contributed by atoms with E-state index < -0.39 is 5.41 Å². The van der Waals surface area contributed by atoms with E-state index in [1.807, 2.05) is 32.0 Å². The van der Waals surface area contributed by atoms with Gasteiger partial charge < -0.3 is 5.73 Å². The van der Waals surface area contributed by atoms with Gasteiger partial charge in [-0.05, 0) is 18.9 Å². The number of rotatable bonds is 6. The number of nitrogens with two attached hydrogens (primary N) is 1. The van der Waals surface area contributed by atoms with Crippen LogP contribution in [-0.4, -0.2) is 22.6 Å². The van der Waals surface area contributed by atoms with Crippen LogP contribution in [0.1, 0.15) is 26.7 Å². The van der Waals surface area contributed by atoms with E-state index in [1.54, 1.807) is 6.07 Å². The fourth-order valence-corrected chi connectivity index (χ4v) is 3.26. The van der Waals surface area contributed by atoms with E-state index in [1.165, 1.54) is 11.3 Å². The first kappa shape index (κ1) is 16.9. The van der Waals surface area contributed by atoms with Crippen molar-refractivity contribution < 1.29 is 4.79 Å². The second kappa shape index (κ2) is 7.17. The predicted octanol–water partition coefficient (Wildman–Crippen LogP) is 3.56. The zero-order valence-corrected chi connectivity index (χ0v) is 14.2. The summed E-state index contributed by atoms with van der Waals surface area (Å²) in [4.78, 5) is 12.5. The van der Waals surface area contributed by atoms with E-state index >= 15 is 0 Å². The van der Waals surface area contributed by atoms with Gasteiger partial charge in [0.1, 0.15) is 0 Å². The third kappa shape index (κ3) is 3.29. The van der Waals surface area contributed by atoms with Crippen LogP contribution in [-0.2, 0) is 4.79 Å². The molecule has 0 saturated carbocycles. The standard InChI is InChI=1S/C15H19ClN4OS/c1-3-15(4-2,9-17)13(21)18-14-20-19-12(22-14)10-7-5-6-8-11(10)16/h5-8H,3-4,9,17H2,1-2H3,(H,18,20,21). The Morgan fingerprint density at radius 3 is 2.59 bits per heavy atom. The summed E-state index contributed by atoms with van der Waals surface area (Å²) in [5.74, 6) is -0.109. The van der Waals surface area contributed by atoms with Crippen LogP contribution >= 0.6 is 22.9 Å². The third-order valence-electron chi connectivity index (χ3n) is 3.98. The molecule has 0 radical (unpaired) electrons. The maximum Gasteiger partial charge on any atom is 0.233 e. The monoisotopic (exact) mass is 338 g/mol. The lowest BCUT2D eigenvalue weighted by molar-refractivity contribution is -0.125. The van der Waals surface area contributed by atoms with E-state index in [9.17, 15) is 4.79 Å². The van der Waals surface area contributed by atoms with Gasteiger partial charge in [-0.1, -0.05) is 55.0 Å². The van der Waals surface area contributed by atoms with E-state index in [-0.39, 0.29) is 5.91 Å². The Labute approximate surface area is 138 Å². The van der Waals surface area contributed by atoms with Crippen molar-refractivity contribution in [2.24, 2.45) is 11.1 Å². The molecule has 0 aliphatic heterocycles. The fourth-order valence-electron chi connectivity index (χ4n) is 2.20. The summed E-state index contributed by atoms with van der Waals surface area (Å²) in [6, 6.07) is 7.41. The quantitative estimate of drug-likeness (QED) is 0.843. The van der Waals surface area contributed by atoms with Crippen LogP contribution in [0.2, 0.25) is 5.02 Å². The zero-order valence-electron chi connectivity index (χ0n) is 12.6. The van der Waals surface area contributed by atoms with Crippen molar-refractivity contribution in [1.82, 2.24) is 10.2 Å². The summed E-state index contributed by atoms with van der Waals surface area (Å²) in [5, 5.41) is 12.7. The number of hydrogen-bond acceptors (Lipinski definition) is 5. The number of carbonyl (C=O) groups excluding carboxylic acids is 1. The second-order valence-corrected chi connectivity index (χ2v) is 6.42. The molecule has 2 aromatic rings. The highest BCUT2D eigenvalue weighted by Crippen LogP contribution is 2.33. The van der Waals surface area contributed by atoms with Gasteiger partial charge in [0, 0.05) is 12.1 Å². The third-order valence-corrected chi connectivity index (χ3v) is 5.18. The number of amides is 1. The maximum absolute atomic E-state index is 12.5. The van der Waals surface area contributed by atoms with Gasteiger partial charge in [0.05, 0.1) is 10.4 Å². The molecule has 118 valence electrons. The average Bonchev–Trinajstić information content (AvgIpc) is 2.98. The number of nitrogens with one attached hydrogen (secondary N) is 1. The number of aromatic nitrogens is 2. The van der Waals surface area contributed by atoms with Crippen LogP contribution in [0.4, 0.5) is 5.13 Å². The van der Waals surface area contributed by atoms with Crippen molar-refractivity contribution in [3.05, 3.63) is 29.3 Å². The van der Waals surface area contributed by atoms with Crippen molar-refractivity contribution in [3.63, 3.8) is 0 Å². The molecule has 1 amide bonds. The molecule has 0 fully saturated rings. The van der Waals surface area contributed by atoms with E-state index in [4.69, 9.17) is 17.3 Å². The minimum absolute atomic E-state index is 0.109. The lowest BCUT2D eigenvalue weighted by atomic mass is 9.81. The molecule has 1 aromatic carbocycles. The second-order valence-electron chi connectivity index (χ2n) is 5.04. The van der Waals surface area contributed by atoms with Gasteiger partial charge in [-0.25, -0.2) is 0 Å². The van der Waals surface area contributed by atoms with Gasteiger partial charge in [-0.2, -0.15) is 0 Å². The molecule has 0 aliphatic rings. The Morgan fingerprint density at radius 2 is 2.00 bits per heavy atom. The highest BCUT2D eigenvalue weighted by Gasteiger charge is 2.34. The Hall–Kier alpha value is -1.50. The Kier molecular flexibility index (Phi) is 5.50. The first-order chi connectivity index (χ1) is 10.6. The molecule has 0 atom stereocenters. The summed E-state index contributed by atoms with van der Waals surface area (Å²) in [6.45, 7) is 4.23. The largest absolute Gasteiger partial charge is 0.329 e. The molecule has 2 rings (SSSR count). The van der Waals surface area contributed by atoms with E-state index in [2.05, 4.69) is 15.5 Å². The van der Waals surface area contributed by atoms with Crippen molar-refractivity contribution in [2.45, 2.75) is 26.7 Å². The lowest BCUT2D eigenvalue weighted by Gasteiger charge is -2.27. The van der Waals surface area contributed by atoms with Gasteiger partial charge in [-0.15, -0.1) is 10.2 Å². The maximum atomic E-state index is 12.5. The first-order valence-corrected chi connectivity index (χ1v) is 8.35. The molecule has 0 saturated heterocycles. The first-order valence-electron chi connectivity index (χ1n) is 7.16. The van der Waals surface area contributed by atoms with Crippen LogP contribution in [0.15, 0.2) is 24.3 Å². The van der Waals surface area contributed by atoms with Crippen LogP contribution in [0.25, 0.3) is 10.6 Å². The van der Waals surface area contributed by atoms with Crippen molar-refractivity contribution >= 4 is 34.0 Å². The molecule has 7 heteroatoms. The summed E-state index contributed by atoms with van der Waals surface area (Å²) >= 11 is 7.45. The molecule has 0 bridgehead atoms. The van der Waals surface area contributed by atoms with Crippen LogP contribution in [0, 0.1) is 5.41 Å². The topological polar surface area (TPSA) is 80.9 Å². The predicted molar refractivity (Wildman–Crippen MR) is 91.1 cm³/mol. The van der Waals surface area contributed by atoms with Gasteiger partial charge in [0.15, 0.2) is 5.01 Å². The van der Waals surface area contributed by atoms with Gasteiger partial charge in [0.2, 0.25) is 11.0 Å². The molecular weight excluding hydrogens is 320 g/mol. The summed E-state index contributed by atoms with van der Waals surface area (Å²) in [5.41, 5.74) is 6.03. The normalized spacial score (nSPS) is 11.5. The molecule has 3 N–H and O–H groups in total. The summed E-state index contributed by atoms with van der Waals surface area (Å²) in [6.07, 6.45) is 1.37. The zero-order chi connectivity index (χ0) is 16.2. The summed E-state index contributed by atoms with van der Waals surface area (Å²) in [7, 11) is 0. The number of benzene rings is 1. The molecule has 0 unspecified atom stereocenters. The molecule has 5 nitrogen and oxygen atoms in total. The summed E-state index contributed by atoms with van der Waals surface area (Å²) < 4.78 is 0. The molecule has 1 heterocycles.